The zero-order valence-corrected chi connectivity index (χ0v) is 14.7. The van der Waals surface area contributed by atoms with E-state index < -0.39 is 0 Å². The summed E-state index contributed by atoms with van der Waals surface area (Å²) in [6, 6.07) is 1.93. The van der Waals surface area contributed by atoms with E-state index in [0.29, 0.717) is 17.9 Å². The predicted molar refractivity (Wildman–Crippen MR) is 88.1 cm³/mol. The number of hydrogen-bond donors (Lipinski definition) is 1. The first-order valence-corrected chi connectivity index (χ1v) is 7.54. The third-order valence-electron chi connectivity index (χ3n) is 3.93. The fourth-order valence-electron chi connectivity index (χ4n) is 1.98. The summed E-state index contributed by atoms with van der Waals surface area (Å²) in [5, 5.41) is 3.32. The molecule has 0 bridgehead atoms. The van der Waals surface area contributed by atoms with Crippen molar-refractivity contribution in [3.63, 3.8) is 0 Å². The predicted octanol–water partition coefficient (Wildman–Crippen LogP) is 3.98. The lowest BCUT2D eigenvalue weighted by Gasteiger charge is -2.36. The van der Waals surface area contributed by atoms with Crippen molar-refractivity contribution in [1.29, 1.82) is 0 Å². The van der Waals surface area contributed by atoms with E-state index in [1.807, 2.05) is 11.9 Å². The van der Waals surface area contributed by atoms with Crippen molar-refractivity contribution in [2.45, 2.75) is 66.6 Å². The lowest BCUT2D eigenvalue weighted by atomic mass is 9.87. The molecule has 0 radical (unpaired) electrons. The fraction of sp³-hybridized carbons (Fsp3) is 0.706. The van der Waals surface area contributed by atoms with Crippen LogP contribution in [0.4, 0.5) is 10.2 Å². The van der Waals surface area contributed by atoms with Crippen LogP contribution in [0.3, 0.4) is 0 Å². The van der Waals surface area contributed by atoms with Crippen LogP contribution >= 0.6 is 0 Å². The number of halogens is 1. The molecule has 0 aliphatic rings. The van der Waals surface area contributed by atoms with Gasteiger partial charge in [-0.05, 0) is 39.2 Å². The van der Waals surface area contributed by atoms with Crippen LogP contribution in [0.5, 0.6) is 0 Å². The Morgan fingerprint density at radius 1 is 1.24 bits per heavy atom. The van der Waals surface area contributed by atoms with Gasteiger partial charge in [-0.25, -0.2) is 9.37 Å². The van der Waals surface area contributed by atoms with E-state index in [9.17, 15) is 4.39 Å². The Bertz CT molecular complexity index is 472. The van der Waals surface area contributed by atoms with Gasteiger partial charge in [0.1, 0.15) is 0 Å². The highest BCUT2D eigenvalue weighted by Gasteiger charge is 2.27. The fourth-order valence-corrected chi connectivity index (χ4v) is 1.98. The van der Waals surface area contributed by atoms with Gasteiger partial charge in [-0.3, -0.25) is 0 Å². The molecule has 0 amide bonds. The summed E-state index contributed by atoms with van der Waals surface area (Å²) in [7, 11) is 1.91. The molecule has 1 aromatic heterocycles. The largest absolute Gasteiger partial charge is 0.354 e. The van der Waals surface area contributed by atoms with Gasteiger partial charge in [0.25, 0.3) is 0 Å². The summed E-state index contributed by atoms with van der Waals surface area (Å²) in [5.41, 5.74) is 0.672. The molecule has 1 unspecified atom stereocenters. The minimum Gasteiger partial charge on any atom is -0.354 e. The van der Waals surface area contributed by atoms with Crippen molar-refractivity contribution in [2.24, 2.45) is 5.41 Å². The molecule has 21 heavy (non-hydrogen) atoms. The average Bonchev–Trinajstić information content (AvgIpc) is 2.33. The lowest BCUT2D eigenvalue weighted by molar-refractivity contribution is 0.326. The van der Waals surface area contributed by atoms with E-state index >= 15 is 0 Å². The second-order valence-electron chi connectivity index (χ2n) is 7.86. The van der Waals surface area contributed by atoms with Crippen LogP contribution in [-0.4, -0.2) is 23.6 Å². The molecule has 0 aromatic carbocycles. The highest BCUT2D eigenvalue weighted by molar-refractivity contribution is 5.43. The molecule has 4 heteroatoms. The van der Waals surface area contributed by atoms with Crippen LogP contribution in [0.25, 0.3) is 0 Å². The van der Waals surface area contributed by atoms with Gasteiger partial charge in [0.2, 0.25) is 0 Å². The topological polar surface area (TPSA) is 28.2 Å². The molecule has 3 nitrogen and oxygen atoms in total. The van der Waals surface area contributed by atoms with Gasteiger partial charge >= 0.3 is 0 Å². The smallest absolute Gasteiger partial charge is 0.170 e. The van der Waals surface area contributed by atoms with Crippen LogP contribution in [-0.2, 0) is 6.54 Å². The minimum atomic E-state index is -0.229. The Kier molecular flexibility index (Phi) is 5.37. The number of nitrogens with zero attached hydrogens (tertiary/aromatic N) is 2. The summed E-state index contributed by atoms with van der Waals surface area (Å²) in [5.74, 6) is 0.193. The minimum absolute atomic E-state index is 0.0412. The quantitative estimate of drug-likeness (QED) is 0.910. The first kappa shape index (κ1) is 17.9. The van der Waals surface area contributed by atoms with Crippen molar-refractivity contribution >= 4 is 5.82 Å². The van der Waals surface area contributed by atoms with Crippen molar-refractivity contribution in [3.8, 4) is 0 Å². The number of nitrogens with one attached hydrogen (secondary N) is 1. The highest BCUT2D eigenvalue weighted by Crippen LogP contribution is 2.28. The van der Waals surface area contributed by atoms with Crippen molar-refractivity contribution < 1.29 is 4.39 Å². The van der Waals surface area contributed by atoms with Crippen LogP contribution < -0.4 is 10.2 Å². The SMILES string of the molecule is CC(N(C)c1nccc(CNC(C)(C)C)c1F)C(C)(C)C. The Hall–Kier alpha value is -1.16. The molecule has 0 saturated heterocycles. The number of pyridine rings is 1. The maximum Gasteiger partial charge on any atom is 0.170 e. The molecule has 0 aliphatic carbocycles. The summed E-state index contributed by atoms with van der Waals surface area (Å²) >= 11 is 0. The monoisotopic (exact) mass is 295 g/mol. The van der Waals surface area contributed by atoms with Gasteiger partial charge < -0.3 is 10.2 Å². The Labute approximate surface area is 129 Å². The molecule has 1 aromatic rings. The third kappa shape index (κ3) is 4.95. The summed E-state index contributed by atoms with van der Waals surface area (Å²) in [4.78, 5) is 6.17. The standard InChI is InChI=1S/C17H30FN3/c1-12(16(2,3)4)21(8)15-14(18)13(9-10-19-15)11-20-17(5,6)7/h9-10,12,20H,11H2,1-8H3. The molecular formula is C17H30FN3. The average molecular weight is 295 g/mol. The van der Waals surface area contributed by atoms with Crippen LogP contribution in [0.15, 0.2) is 12.3 Å². The second kappa shape index (κ2) is 6.30. The highest BCUT2D eigenvalue weighted by atomic mass is 19.1. The zero-order chi connectivity index (χ0) is 16.4. The molecule has 0 spiro atoms. The van der Waals surface area contributed by atoms with Crippen LogP contribution in [0.2, 0.25) is 0 Å². The molecule has 120 valence electrons. The van der Waals surface area contributed by atoms with Crippen molar-refractivity contribution in [1.82, 2.24) is 10.3 Å². The van der Waals surface area contributed by atoms with Crippen LogP contribution in [0.1, 0.15) is 54.0 Å². The summed E-state index contributed by atoms with van der Waals surface area (Å²) < 4.78 is 14.7. The number of rotatable bonds is 4. The first-order chi connectivity index (χ1) is 9.43. The van der Waals surface area contributed by atoms with Gasteiger partial charge in [0.05, 0.1) is 0 Å². The van der Waals surface area contributed by atoms with E-state index in [2.05, 4.69) is 58.8 Å². The number of aromatic nitrogens is 1. The molecule has 0 saturated carbocycles. The Morgan fingerprint density at radius 2 is 1.81 bits per heavy atom. The molecule has 0 aliphatic heterocycles. The third-order valence-corrected chi connectivity index (χ3v) is 3.93. The van der Waals surface area contributed by atoms with Crippen molar-refractivity contribution in [3.05, 3.63) is 23.6 Å². The molecule has 1 heterocycles. The van der Waals surface area contributed by atoms with Gasteiger partial charge in [0.15, 0.2) is 11.6 Å². The normalized spacial score (nSPS) is 14.1. The zero-order valence-electron chi connectivity index (χ0n) is 14.7. The molecule has 1 atom stereocenters. The number of hydrogen-bond acceptors (Lipinski definition) is 3. The lowest BCUT2D eigenvalue weighted by Crippen LogP contribution is -2.40. The Balaban J connectivity index is 3.00. The molecule has 0 fully saturated rings. The summed E-state index contributed by atoms with van der Waals surface area (Å²) in [6.45, 7) is 15.3. The van der Waals surface area contributed by atoms with Gasteiger partial charge in [-0.15, -0.1) is 0 Å². The van der Waals surface area contributed by atoms with E-state index in [4.69, 9.17) is 0 Å². The first-order valence-electron chi connectivity index (χ1n) is 7.54. The number of anilines is 1. The summed E-state index contributed by atoms with van der Waals surface area (Å²) in [6.07, 6.45) is 1.68. The van der Waals surface area contributed by atoms with E-state index in [0.717, 1.165) is 0 Å². The van der Waals surface area contributed by atoms with Crippen molar-refractivity contribution in [2.75, 3.05) is 11.9 Å². The van der Waals surface area contributed by atoms with E-state index in [1.54, 1.807) is 12.3 Å². The van der Waals surface area contributed by atoms with E-state index in [-0.39, 0.29) is 22.8 Å². The second-order valence-corrected chi connectivity index (χ2v) is 7.86. The Morgan fingerprint density at radius 3 is 2.29 bits per heavy atom. The molecule has 1 N–H and O–H groups in total. The van der Waals surface area contributed by atoms with Gasteiger partial charge in [0, 0.05) is 36.9 Å². The maximum absolute atomic E-state index is 14.7. The molecule has 1 rings (SSSR count). The van der Waals surface area contributed by atoms with E-state index in [1.165, 1.54) is 0 Å². The van der Waals surface area contributed by atoms with Gasteiger partial charge in [-0.1, -0.05) is 20.8 Å². The molecular weight excluding hydrogens is 265 g/mol. The van der Waals surface area contributed by atoms with Gasteiger partial charge in [-0.2, -0.15) is 0 Å². The maximum atomic E-state index is 14.7. The van der Waals surface area contributed by atoms with Crippen LogP contribution in [0, 0.1) is 11.2 Å².